The average molecular weight is 274 g/mol. The lowest BCUT2D eigenvalue weighted by molar-refractivity contribution is -0.122. The van der Waals surface area contributed by atoms with Gasteiger partial charge in [-0.15, -0.1) is 0 Å². The van der Waals surface area contributed by atoms with Gasteiger partial charge in [-0.1, -0.05) is 22.9 Å². The number of carbonyl (C=O) groups is 1. The highest BCUT2D eigenvalue weighted by Gasteiger charge is 2.17. The Balaban J connectivity index is 2.00. The van der Waals surface area contributed by atoms with E-state index in [1.54, 1.807) is 19.9 Å². The van der Waals surface area contributed by atoms with Crippen LogP contribution in [0.25, 0.3) is 0 Å². The molecule has 0 fully saturated rings. The zero-order valence-electron chi connectivity index (χ0n) is 12.1. The van der Waals surface area contributed by atoms with E-state index in [4.69, 9.17) is 9.26 Å². The first-order valence-corrected chi connectivity index (χ1v) is 6.44. The van der Waals surface area contributed by atoms with Gasteiger partial charge in [0.1, 0.15) is 11.5 Å². The molecule has 1 atom stereocenters. The van der Waals surface area contributed by atoms with E-state index in [0.29, 0.717) is 17.3 Å². The van der Waals surface area contributed by atoms with E-state index in [1.807, 2.05) is 32.0 Å². The highest BCUT2D eigenvalue weighted by atomic mass is 16.5. The molecule has 5 nitrogen and oxygen atoms in total. The fourth-order valence-corrected chi connectivity index (χ4v) is 1.83. The molecule has 2 rings (SSSR count). The van der Waals surface area contributed by atoms with Crippen molar-refractivity contribution in [2.75, 3.05) is 5.32 Å². The number of benzene rings is 1. The van der Waals surface area contributed by atoms with Crippen LogP contribution in [0.1, 0.15) is 23.8 Å². The van der Waals surface area contributed by atoms with Gasteiger partial charge in [-0.3, -0.25) is 4.79 Å². The SMILES string of the molecule is Cc1ccc(OC(C)C(=O)Nc2cc(C)on2)c(C)c1. The van der Waals surface area contributed by atoms with Crippen molar-refractivity contribution < 1.29 is 14.1 Å². The van der Waals surface area contributed by atoms with E-state index in [0.717, 1.165) is 11.1 Å². The molecule has 1 unspecified atom stereocenters. The Morgan fingerprint density at radius 2 is 2.05 bits per heavy atom. The van der Waals surface area contributed by atoms with Crippen molar-refractivity contribution >= 4 is 11.7 Å². The second kappa shape index (κ2) is 5.77. The number of ether oxygens (including phenoxy) is 1. The summed E-state index contributed by atoms with van der Waals surface area (Å²) in [4.78, 5) is 12.0. The lowest BCUT2D eigenvalue weighted by atomic mass is 10.1. The maximum Gasteiger partial charge on any atom is 0.266 e. The van der Waals surface area contributed by atoms with Gasteiger partial charge in [0.15, 0.2) is 11.9 Å². The standard InChI is InChI=1S/C15H18N2O3/c1-9-5-6-13(10(2)7-9)19-12(4)15(18)16-14-8-11(3)20-17-14/h5-8,12H,1-4H3,(H,16,17,18). The Labute approximate surface area is 117 Å². The molecule has 0 saturated heterocycles. The number of nitrogens with zero attached hydrogens (tertiary/aromatic N) is 1. The number of nitrogens with one attached hydrogen (secondary N) is 1. The number of anilines is 1. The third-order valence-electron chi connectivity index (χ3n) is 2.88. The largest absolute Gasteiger partial charge is 0.481 e. The molecule has 20 heavy (non-hydrogen) atoms. The van der Waals surface area contributed by atoms with Crippen molar-refractivity contribution in [3.8, 4) is 5.75 Å². The molecular weight excluding hydrogens is 256 g/mol. The van der Waals surface area contributed by atoms with E-state index in [2.05, 4.69) is 10.5 Å². The van der Waals surface area contributed by atoms with Crippen LogP contribution in [0.3, 0.4) is 0 Å². The minimum Gasteiger partial charge on any atom is -0.481 e. The van der Waals surface area contributed by atoms with Crippen LogP contribution >= 0.6 is 0 Å². The molecule has 1 heterocycles. The smallest absolute Gasteiger partial charge is 0.266 e. The topological polar surface area (TPSA) is 64.4 Å². The van der Waals surface area contributed by atoms with Gasteiger partial charge < -0.3 is 14.6 Å². The summed E-state index contributed by atoms with van der Waals surface area (Å²) in [6.45, 7) is 7.42. The van der Waals surface area contributed by atoms with E-state index in [9.17, 15) is 4.79 Å². The number of aryl methyl sites for hydroxylation is 3. The molecule has 1 N–H and O–H groups in total. The summed E-state index contributed by atoms with van der Waals surface area (Å²) in [6, 6.07) is 7.49. The maximum atomic E-state index is 12.0. The Morgan fingerprint density at radius 1 is 1.30 bits per heavy atom. The Hall–Kier alpha value is -2.30. The van der Waals surface area contributed by atoms with Crippen LogP contribution in [-0.2, 0) is 4.79 Å². The summed E-state index contributed by atoms with van der Waals surface area (Å²) in [6.07, 6.45) is -0.617. The number of hydrogen-bond acceptors (Lipinski definition) is 4. The molecule has 0 aliphatic rings. The second-order valence-corrected chi connectivity index (χ2v) is 4.84. The second-order valence-electron chi connectivity index (χ2n) is 4.84. The molecular formula is C15H18N2O3. The summed E-state index contributed by atoms with van der Waals surface area (Å²) in [5.41, 5.74) is 2.16. The summed E-state index contributed by atoms with van der Waals surface area (Å²) < 4.78 is 10.6. The summed E-state index contributed by atoms with van der Waals surface area (Å²) >= 11 is 0. The predicted molar refractivity (Wildman–Crippen MR) is 75.9 cm³/mol. The Morgan fingerprint density at radius 3 is 2.65 bits per heavy atom. The highest BCUT2D eigenvalue weighted by Crippen LogP contribution is 2.20. The third kappa shape index (κ3) is 3.38. The van der Waals surface area contributed by atoms with Gasteiger partial charge >= 0.3 is 0 Å². The molecule has 0 aliphatic carbocycles. The zero-order chi connectivity index (χ0) is 14.7. The molecule has 0 aliphatic heterocycles. The Bertz CT molecular complexity index is 619. The molecule has 5 heteroatoms. The molecule has 0 bridgehead atoms. The van der Waals surface area contributed by atoms with Crippen LogP contribution in [0.15, 0.2) is 28.8 Å². The van der Waals surface area contributed by atoms with Gasteiger partial charge in [0.25, 0.3) is 5.91 Å². The predicted octanol–water partition coefficient (Wildman–Crippen LogP) is 3.01. The van der Waals surface area contributed by atoms with Crippen LogP contribution in [0, 0.1) is 20.8 Å². The molecule has 1 aromatic carbocycles. The quantitative estimate of drug-likeness (QED) is 0.930. The molecule has 106 valence electrons. The fourth-order valence-electron chi connectivity index (χ4n) is 1.83. The van der Waals surface area contributed by atoms with Crippen molar-refractivity contribution in [2.45, 2.75) is 33.8 Å². The number of hydrogen-bond donors (Lipinski definition) is 1. The number of rotatable bonds is 4. The fraction of sp³-hybridized carbons (Fsp3) is 0.333. The van der Waals surface area contributed by atoms with E-state index >= 15 is 0 Å². The lowest BCUT2D eigenvalue weighted by Gasteiger charge is -2.15. The van der Waals surface area contributed by atoms with Crippen molar-refractivity contribution in [1.29, 1.82) is 0 Å². The summed E-state index contributed by atoms with van der Waals surface area (Å²) in [5.74, 6) is 1.47. The van der Waals surface area contributed by atoms with Crippen LogP contribution < -0.4 is 10.1 Å². The van der Waals surface area contributed by atoms with Crippen molar-refractivity contribution in [3.63, 3.8) is 0 Å². The molecule has 1 aromatic heterocycles. The number of amides is 1. The lowest BCUT2D eigenvalue weighted by Crippen LogP contribution is -2.30. The number of carbonyl (C=O) groups excluding carboxylic acids is 1. The van der Waals surface area contributed by atoms with Gasteiger partial charge in [-0.2, -0.15) is 0 Å². The van der Waals surface area contributed by atoms with Crippen LogP contribution in [0.2, 0.25) is 0 Å². The first-order chi connectivity index (χ1) is 9.45. The first-order valence-electron chi connectivity index (χ1n) is 6.44. The first kappa shape index (κ1) is 14.1. The van der Waals surface area contributed by atoms with E-state index < -0.39 is 6.10 Å². The zero-order valence-corrected chi connectivity index (χ0v) is 12.1. The molecule has 0 saturated carbocycles. The van der Waals surface area contributed by atoms with E-state index in [1.165, 1.54) is 0 Å². The molecule has 2 aromatic rings. The third-order valence-corrected chi connectivity index (χ3v) is 2.88. The average Bonchev–Trinajstić information content (AvgIpc) is 2.78. The molecule has 0 spiro atoms. The molecule has 0 radical (unpaired) electrons. The normalized spacial score (nSPS) is 12.0. The monoisotopic (exact) mass is 274 g/mol. The van der Waals surface area contributed by atoms with Gasteiger partial charge in [0.05, 0.1) is 0 Å². The van der Waals surface area contributed by atoms with Crippen molar-refractivity contribution in [2.24, 2.45) is 0 Å². The Kier molecular flexibility index (Phi) is 4.08. The minimum absolute atomic E-state index is 0.265. The van der Waals surface area contributed by atoms with Crippen LogP contribution in [-0.4, -0.2) is 17.2 Å². The van der Waals surface area contributed by atoms with Crippen molar-refractivity contribution in [1.82, 2.24) is 5.16 Å². The van der Waals surface area contributed by atoms with Crippen molar-refractivity contribution in [3.05, 3.63) is 41.2 Å². The number of aromatic nitrogens is 1. The van der Waals surface area contributed by atoms with E-state index in [-0.39, 0.29) is 5.91 Å². The highest BCUT2D eigenvalue weighted by molar-refractivity contribution is 5.93. The van der Waals surface area contributed by atoms with Gasteiger partial charge in [0, 0.05) is 6.07 Å². The van der Waals surface area contributed by atoms with Crippen LogP contribution in [0.5, 0.6) is 5.75 Å². The summed E-state index contributed by atoms with van der Waals surface area (Å²) in [7, 11) is 0. The maximum absolute atomic E-state index is 12.0. The van der Waals surface area contributed by atoms with Crippen LogP contribution in [0.4, 0.5) is 5.82 Å². The summed E-state index contributed by atoms with van der Waals surface area (Å²) in [5, 5.41) is 6.36. The van der Waals surface area contributed by atoms with Gasteiger partial charge in [0.2, 0.25) is 0 Å². The van der Waals surface area contributed by atoms with Gasteiger partial charge in [-0.05, 0) is 39.3 Å². The molecule has 1 amide bonds. The van der Waals surface area contributed by atoms with Gasteiger partial charge in [-0.25, -0.2) is 0 Å². The minimum atomic E-state index is -0.617.